The fraction of sp³-hybridized carbons (Fsp3) is 0.391. The minimum Gasteiger partial charge on any atom is -0.481 e. The molecule has 0 N–H and O–H groups in total. The number of hydrogen-bond donors (Lipinski definition) is 0. The lowest BCUT2D eigenvalue weighted by molar-refractivity contribution is 0.0684. The summed E-state index contributed by atoms with van der Waals surface area (Å²) in [6.07, 6.45) is 10.3. The van der Waals surface area contributed by atoms with Crippen molar-refractivity contribution in [1.29, 1.82) is 0 Å². The number of carbonyl (C=O) groups is 1. The smallest absolute Gasteiger partial charge is 0.255 e. The first-order chi connectivity index (χ1) is 14.7. The van der Waals surface area contributed by atoms with Gasteiger partial charge in [0.1, 0.15) is 5.82 Å². The fourth-order valence-electron chi connectivity index (χ4n) is 4.02. The van der Waals surface area contributed by atoms with Crippen LogP contribution in [0.5, 0.6) is 5.88 Å². The number of likely N-dealkylation sites (tertiary alicyclic amines) is 1. The molecule has 0 radical (unpaired) electrons. The van der Waals surface area contributed by atoms with Crippen LogP contribution in [0.4, 0.5) is 0 Å². The number of rotatable bonds is 6. The van der Waals surface area contributed by atoms with Crippen LogP contribution in [-0.4, -0.2) is 50.5 Å². The zero-order valence-electron chi connectivity index (χ0n) is 17.5. The maximum atomic E-state index is 12.7. The van der Waals surface area contributed by atoms with Gasteiger partial charge in [0.05, 0.1) is 12.7 Å². The lowest BCUT2D eigenvalue weighted by Gasteiger charge is -2.32. The highest BCUT2D eigenvalue weighted by atomic mass is 16.5. The van der Waals surface area contributed by atoms with E-state index in [1.54, 1.807) is 37.8 Å². The molecule has 7 nitrogen and oxygen atoms in total. The molecule has 4 rings (SSSR count). The fourth-order valence-corrected chi connectivity index (χ4v) is 4.02. The molecule has 0 aliphatic carbocycles. The number of amides is 1. The number of pyridine rings is 2. The van der Waals surface area contributed by atoms with Gasteiger partial charge in [0.25, 0.3) is 5.91 Å². The minimum atomic E-state index is 0.0500. The second-order valence-corrected chi connectivity index (χ2v) is 7.72. The van der Waals surface area contributed by atoms with E-state index in [9.17, 15) is 4.79 Å². The molecule has 0 bridgehead atoms. The van der Waals surface area contributed by atoms with Crippen molar-refractivity contribution in [1.82, 2.24) is 24.4 Å². The summed E-state index contributed by atoms with van der Waals surface area (Å²) >= 11 is 0. The summed E-state index contributed by atoms with van der Waals surface area (Å²) in [5.41, 5.74) is 2.87. The third-order valence-electron chi connectivity index (χ3n) is 5.85. The van der Waals surface area contributed by atoms with Crippen LogP contribution in [-0.2, 0) is 6.54 Å². The number of imidazole rings is 1. The Balaban J connectivity index is 1.32. The quantitative estimate of drug-likeness (QED) is 0.626. The molecular weight excluding hydrogens is 378 g/mol. The molecule has 0 unspecified atom stereocenters. The first-order valence-electron chi connectivity index (χ1n) is 10.4. The Labute approximate surface area is 176 Å². The van der Waals surface area contributed by atoms with Crippen molar-refractivity contribution in [3.63, 3.8) is 0 Å². The van der Waals surface area contributed by atoms with Gasteiger partial charge in [-0.2, -0.15) is 0 Å². The average Bonchev–Trinajstić information content (AvgIpc) is 3.18. The van der Waals surface area contributed by atoms with E-state index in [-0.39, 0.29) is 5.91 Å². The number of hydrogen-bond acceptors (Lipinski definition) is 5. The van der Waals surface area contributed by atoms with Crippen molar-refractivity contribution in [3.05, 3.63) is 60.3 Å². The molecule has 7 heteroatoms. The van der Waals surface area contributed by atoms with E-state index in [1.165, 1.54) is 5.69 Å². The van der Waals surface area contributed by atoms with Gasteiger partial charge in [0.2, 0.25) is 5.88 Å². The van der Waals surface area contributed by atoms with Gasteiger partial charge in [-0.3, -0.25) is 9.78 Å². The van der Waals surface area contributed by atoms with Crippen LogP contribution in [0.25, 0.3) is 11.4 Å². The molecule has 0 saturated carbocycles. The van der Waals surface area contributed by atoms with E-state index < -0.39 is 0 Å². The van der Waals surface area contributed by atoms with Gasteiger partial charge >= 0.3 is 0 Å². The number of aromatic nitrogens is 4. The Morgan fingerprint density at radius 1 is 1.10 bits per heavy atom. The second-order valence-electron chi connectivity index (χ2n) is 7.72. The second kappa shape index (κ2) is 9.07. The number of carbonyl (C=O) groups excluding carboxylic acids is 1. The van der Waals surface area contributed by atoms with Crippen molar-refractivity contribution in [2.45, 2.75) is 32.7 Å². The molecule has 1 fully saturated rings. The van der Waals surface area contributed by atoms with Crippen LogP contribution in [0.1, 0.15) is 35.3 Å². The Morgan fingerprint density at radius 3 is 2.53 bits per heavy atom. The summed E-state index contributed by atoms with van der Waals surface area (Å²) in [5, 5.41) is 0. The zero-order valence-corrected chi connectivity index (χ0v) is 17.5. The molecule has 30 heavy (non-hydrogen) atoms. The molecule has 4 heterocycles. The number of ether oxygens (including phenoxy) is 1. The standard InChI is InChI=1S/C23H27N5O2/c1-17-15-26-22(19-5-10-24-11-6-19)28(17)14-9-18-7-12-27(13-8-18)23(29)20-3-4-21(30-2)25-16-20/h3-6,10-11,15-16,18H,7-9,12-14H2,1-2H3. The predicted octanol–water partition coefficient (Wildman–Crippen LogP) is 3.60. The lowest BCUT2D eigenvalue weighted by atomic mass is 9.93. The van der Waals surface area contributed by atoms with Gasteiger partial charge in [-0.25, -0.2) is 9.97 Å². The Bertz CT molecular complexity index is 977. The summed E-state index contributed by atoms with van der Waals surface area (Å²) in [5.74, 6) is 2.17. The topological polar surface area (TPSA) is 73.1 Å². The molecule has 3 aromatic heterocycles. The maximum absolute atomic E-state index is 12.7. The molecule has 0 spiro atoms. The first kappa shape index (κ1) is 20.1. The average molecular weight is 406 g/mol. The molecule has 3 aromatic rings. The highest BCUT2D eigenvalue weighted by Gasteiger charge is 2.24. The van der Waals surface area contributed by atoms with Crippen LogP contribution in [0, 0.1) is 12.8 Å². The third kappa shape index (κ3) is 4.35. The normalized spacial score (nSPS) is 14.7. The number of aryl methyl sites for hydroxylation is 1. The van der Waals surface area contributed by atoms with Gasteiger partial charge in [-0.15, -0.1) is 0 Å². The summed E-state index contributed by atoms with van der Waals surface area (Å²) in [6, 6.07) is 7.50. The first-order valence-corrected chi connectivity index (χ1v) is 10.4. The predicted molar refractivity (Wildman–Crippen MR) is 114 cm³/mol. The number of piperidine rings is 1. The van der Waals surface area contributed by atoms with E-state index in [1.807, 2.05) is 23.2 Å². The Hall–Kier alpha value is -3.22. The molecule has 156 valence electrons. The van der Waals surface area contributed by atoms with Crippen LogP contribution >= 0.6 is 0 Å². The number of nitrogens with zero attached hydrogens (tertiary/aromatic N) is 5. The van der Waals surface area contributed by atoms with E-state index in [0.29, 0.717) is 17.4 Å². The molecular formula is C23H27N5O2. The SMILES string of the molecule is COc1ccc(C(=O)N2CCC(CCn3c(C)cnc3-c3ccncc3)CC2)cn1. The summed E-state index contributed by atoms with van der Waals surface area (Å²) in [7, 11) is 1.57. The highest BCUT2D eigenvalue weighted by Crippen LogP contribution is 2.25. The number of methoxy groups -OCH3 is 1. The van der Waals surface area contributed by atoms with Gasteiger partial charge in [-0.1, -0.05) is 0 Å². The van der Waals surface area contributed by atoms with Gasteiger partial charge in [-0.05, 0) is 50.3 Å². The summed E-state index contributed by atoms with van der Waals surface area (Å²) in [6.45, 7) is 4.61. The molecule has 1 amide bonds. The van der Waals surface area contributed by atoms with Crippen molar-refractivity contribution in [3.8, 4) is 17.3 Å². The van der Waals surface area contributed by atoms with E-state index in [2.05, 4.69) is 26.4 Å². The molecule has 1 aliphatic rings. The molecule has 0 atom stereocenters. The van der Waals surface area contributed by atoms with Crippen molar-refractivity contribution >= 4 is 5.91 Å². The summed E-state index contributed by atoms with van der Waals surface area (Å²) in [4.78, 5) is 27.5. The lowest BCUT2D eigenvalue weighted by Crippen LogP contribution is -2.38. The van der Waals surface area contributed by atoms with Gasteiger partial charge in [0, 0.05) is 61.7 Å². The van der Waals surface area contributed by atoms with Crippen molar-refractivity contribution in [2.75, 3.05) is 20.2 Å². The van der Waals surface area contributed by atoms with Crippen molar-refractivity contribution < 1.29 is 9.53 Å². The monoisotopic (exact) mass is 405 g/mol. The molecule has 1 saturated heterocycles. The Kier molecular flexibility index (Phi) is 6.07. The van der Waals surface area contributed by atoms with Gasteiger partial charge in [0.15, 0.2) is 0 Å². The Morgan fingerprint density at radius 2 is 1.87 bits per heavy atom. The third-order valence-corrected chi connectivity index (χ3v) is 5.85. The van der Waals surface area contributed by atoms with Crippen LogP contribution < -0.4 is 4.74 Å². The van der Waals surface area contributed by atoms with Crippen LogP contribution in [0.3, 0.4) is 0 Å². The zero-order chi connectivity index (χ0) is 20.9. The van der Waals surface area contributed by atoms with E-state index in [0.717, 1.165) is 50.3 Å². The summed E-state index contributed by atoms with van der Waals surface area (Å²) < 4.78 is 7.35. The van der Waals surface area contributed by atoms with E-state index in [4.69, 9.17) is 4.74 Å². The van der Waals surface area contributed by atoms with E-state index >= 15 is 0 Å². The molecule has 0 aromatic carbocycles. The van der Waals surface area contributed by atoms with Crippen LogP contribution in [0.2, 0.25) is 0 Å². The molecule has 1 aliphatic heterocycles. The van der Waals surface area contributed by atoms with Gasteiger partial charge < -0.3 is 14.2 Å². The maximum Gasteiger partial charge on any atom is 0.255 e. The largest absolute Gasteiger partial charge is 0.481 e. The minimum absolute atomic E-state index is 0.0500. The van der Waals surface area contributed by atoms with Crippen LogP contribution in [0.15, 0.2) is 49.1 Å². The van der Waals surface area contributed by atoms with Crippen molar-refractivity contribution in [2.24, 2.45) is 5.92 Å². The highest BCUT2D eigenvalue weighted by molar-refractivity contribution is 5.94.